The molecule has 110 valence electrons. The van der Waals surface area contributed by atoms with Crippen LogP contribution in [0.15, 0.2) is 0 Å². The Hall–Kier alpha value is -1.14. The van der Waals surface area contributed by atoms with E-state index in [1.165, 1.54) is 7.05 Å². The van der Waals surface area contributed by atoms with Gasteiger partial charge in [0.15, 0.2) is 0 Å². The first-order chi connectivity index (χ1) is 9.02. The van der Waals surface area contributed by atoms with Gasteiger partial charge in [0.05, 0.1) is 6.54 Å². The highest BCUT2D eigenvalue weighted by molar-refractivity contribution is 5.95. The summed E-state index contributed by atoms with van der Waals surface area (Å²) < 4.78 is 0. The first-order valence-corrected chi connectivity index (χ1v) is 6.99. The smallest absolute Gasteiger partial charge is 0.321 e. The fourth-order valence-electron chi connectivity index (χ4n) is 2.27. The first-order valence-electron chi connectivity index (χ1n) is 6.99. The summed E-state index contributed by atoms with van der Waals surface area (Å²) in [5, 5.41) is 8.03. The van der Waals surface area contributed by atoms with E-state index in [1.54, 1.807) is 0 Å². The van der Waals surface area contributed by atoms with E-state index in [-0.39, 0.29) is 12.5 Å². The van der Waals surface area contributed by atoms with Gasteiger partial charge in [-0.15, -0.1) is 0 Å². The number of imide groups is 1. The Morgan fingerprint density at radius 3 is 2.47 bits per heavy atom. The molecule has 1 aliphatic rings. The molecule has 19 heavy (non-hydrogen) atoms. The molecule has 0 spiro atoms. The fourth-order valence-corrected chi connectivity index (χ4v) is 2.27. The lowest BCUT2D eigenvalue weighted by Gasteiger charge is -2.32. The maximum absolute atomic E-state index is 11.7. The third kappa shape index (κ3) is 6.02. The minimum Gasteiger partial charge on any atom is -0.341 e. The van der Waals surface area contributed by atoms with Crippen molar-refractivity contribution in [2.24, 2.45) is 5.92 Å². The van der Waals surface area contributed by atoms with Gasteiger partial charge in [0.2, 0.25) is 5.91 Å². The number of amides is 3. The molecule has 0 aromatic heterocycles. The Bertz CT molecular complexity index is 301. The van der Waals surface area contributed by atoms with Gasteiger partial charge in [-0.25, -0.2) is 4.79 Å². The number of nitrogens with zero attached hydrogens (tertiary/aromatic N) is 1. The summed E-state index contributed by atoms with van der Waals surface area (Å²) in [5.41, 5.74) is 0. The molecular formula is C13H26N4O2. The zero-order chi connectivity index (χ0) is 14.3. The van der Waals surface area contributed by atoms with Gasteiger partial charge in [-0.1, -0.05) is 0 Å². The van der Waals surface area contributed by atoms with Crippen LogP contribution in [-0.4, -0.2) is 56.1 Å². The van der Waals surface area contributed by atoms with Crippen LogP contribution in [0.3, 0.4) is 0 Å². The number of hydrogen-bond donors (Lipinski definition) is 3. The summed E-state index contributed by atoms with van der Waals surface area (Å²) >= 11 is 0. The molecular weight excluding hydrogens is 244 g/mol. The van der Waals surface area contributed by atoms with Crippen molar-refractivity contribution in [3.05, 3.63) is 0 Å². The van der Waals surface area contributed by atoms with Crippen molar-refractivity contribution < 1.29 is 9.59 Å². The van der Waals surface area contributed by atoms with E-state index >= 15 is 0 Å². The van der Waals surface area contributed by atoms with E-state index in [0.717, 1.165) is 32.5 Å². The molecule has 0 radical (unpaired) electrons. The molecule has 0 aromatic rings. The quantitative estimate of drug-likeness (QED) is 0.665. The molecule has 6 nitrogen and oxygen atoms in total. The Morgan fingerprint density at radius 1 is 1.32 bits per heavy atom. The molecule has 1 heterocycles. The third-order valence-corrected chi connectivity index (χ3v) is 3.51. The van der Waals surface area contributed by atoms with Crippen molar-refractivity contribution in [3.8, 4) is 0 Å². The topological polar surface area (TPSA) is 73.5 Å². The highest BCUT2D eigenvalue weighted by Gasteiger charge is 2.21. The number of carbonyl (C=O) groups is 2. The number of nitrogens with one attached hydrogen (secondary N) is 3. The second-order valence-corrected chi connectivity index (χ2v) is 5.34. The molecule has 0 saturated carbocycles. The predicted octanol–water partition coefficient (Wildman–Crippen LogP) is 0.152. The van der Waals surface area contributed by atoms with E-state index in [4.69, 9.17) is 0 Å². The Balaban J connectivity index is 2.43. The largest absolute Gasteiger partial charge is 0.341 e. The van der Waals surface area contributed by atoms with Crippen LogP contribution in [-0.2, 0) is 4.79 Å². The van der Waals surface area contributed by atoms with Gasteiger partial charge < -0.3 is 10.6 Å². The van der Waals surface area contributed by atoms with Gasteiger partial charge in [0.1, 0.15) is 0 Å². The lowest BCUT2D eigenvalue weighted by Crippen LogP contribution is -2.47. The highest BCUT2D eigenvalue weighted by atomic mass is 16.2. The van der Waals surface area contributed by atoms with Crippen LogP contribution >= 0.6 is 0 Å². The monoisotopic (exact) mass is 270 g/mol. The second kappa shape index (κ2) is 8.12. The number of piperidine rings is 1. The highest BCUT2D eigenvalue weighted by Crippen LogP contribution is 2.14. The van der Waals surface area contributed by atoms with E-state index in [0.29, 0.717) is 12.0 Å². The van der Waals surface area contributed by atoms with E-state index < -0.39 is 6.03 Å². The van der Waals surface area contributed by atoms with Crippen molar-refractivity contribution in [3.63, 3.8) is 0 Å². The minimum absolute atomic E-state index is 0.248. The number of urea groups is 1. The SMILES string of the molecule is CNC(=O)NC(=O)CN(CC1CCNCC1)C(C)C. The molecule has 0 aromatic carbocycles. The molecule has 6 heteroatoms. The molecule has 3 N–H and O–H groups in total. The van der Waals surface area contributed by atoms with Crippen LogP contribution in [0, 0.1) is 5.92 Å². The predicted molar refractivity (Wildman–Crippen MR) is 74.9 cm³/mol. The lowest BCUT2D eigenvalue weighted by molar-refractivity contribution is -0.121. The van der Waals surface area contributed by atoms with E-state index in [9.17, 15) is 9.59 Å². The molecule has 1 aliphatic heterocycles. The summed E-state index contributed by atoms with van der Waals surface area (Å²) in [6.07, 6.45) is 2.31. The van der Waals surface area contributed by atoms with Gasteiger partial charge >= 0.3 is 6.03 Å². The molecule has 0 bridgehead atoms. The molecule has 1 fully saturated rings. The molecule has 3 amide bonds. The van der Waals surface area contributed by atoms with Crippen molar-refractivity contribution in [1.82, 2.24) is 20.9 Å². The van der Waals surface area contributed by atoms with Crippen LogP contribution in [0.4, 0.5) is 4.79 Å². The van der Waals surface area contributed by atoms with E-state index in [1.807, 2.05) is 0 Å². The van der Waals surface area contributed by atoms with Crippen molar-refractivity contribution in [2.45, 2.75) is 32.7 Å². The van der Waals surface area contributed by atoms with Crippen LogP contribution in [0.1, 0.15) is 26.7 Å². The van der Waals surface area contributed by atoms with Crippen molar-refractivity contribution in [2.75, 3.05) is 33.2 Å². The fraction of sp³-hybridized carbons (Fsp3) is 0.846. The summed E-state index contributed by atoms with van der Waals surface area (Å²) in [4.78, 5) is 25.0. The van der Waals surface area contributed by atoms with E-state index in [2.05, 4.69) is 34.7 Å². The van der Waals surface area contributed by atoms with Crippen molar-refractivity contribution >= 4 is 11.9 Å². The number of rotatable bonds is 5. The third-order valence-electron chi connectivity index (χ3n) is 3.51. The average Bonchev–Trinajstić information content (AvgIpc) is 2.38. The van der Waals surface area contributed by atoms with Crippen LogP contribution in [0.2, 0.25) is 0 Å². The number of hydrogen-bond acceptors (Lipinski definition) is 4. The molecule has 1 rings (SSSR count). The van der Waals surface area contributed by atoms with Crippen LogP contribution in [0.25, 0.3) is 0 Å². The summed E-state index contributed by atoms with van der Waals surface area (Å²) in [6, 6.07) is -0.152. The Morgan fingerprint density at radius 2 is 1.95 bits per heavy atom. The van der Waals surface area contributed by atoms with Crippen LogP contribution < -0.4 is 16.0 Å². The van der Waals surface area contributed by atoms with Gasteiger partial charge in [-0.2, -0.15) is 0 Å². The number of carbonyl (C=O) groups excluding carboxylic acids is 2. The van der Waals surface area contributed by atoms with Gasteiger partial charge in [-0.3, -0.25) is 15.0 Å². The zero-order valence-corrected chi connectivity index (χ0v) is 12.2. The minimum atomic E-state index is -0.449. The maximum atomic E-state index is 11.7. The maximum Gasteiger partial charge on any atom is 0.321 e. The lowest BCUT2D eigenvalue weighted by atomic mass is 9.97. The normalized spacial score (nSPS) is 16.7. The van der Waals surface area contributed by atoms with Crippen LogP contribution in [0.5, 0.6) is 0 Å². The van der Waals surface area contributed by atoms with Gasteiger partial charge in [-0.05, 0) is 45.7 Å². The Labute approximate surface area is 115 Å². The average molecular weight is 270 g/mol. The van der Waals surface area contributed by atoms with Crippen molar-refractivity contribution in [1.29, 1.82) is 0 Å². The van der Waals surface area contributed by atoms with Gasteiger partial charge in [0, 0.05) is 19.6 Å². The summed E-state index contributed by atoms with van der Waals surface area (Å²) in [7, 11) is 1.50. The molecule has 1 saturated heterocycles. The molecule has 0 atom stereocenters. The zero-order valence-electron chi connectivity index (χ0n) is 12.2. The second-order valence-electron chi connectivity index (χ2n) is 5.34. The Kier molecular flexibility index (Phi) is 6.80. The summed E-state index contributed by atoms with van der Waals surface area (Å²) in [5.74, 6) is 0.387. The van der Waals surface area contributed by atoms with Gasteiger partial charge in [0.25, 0.3) is 0 Å². The molecule has 0 unspecified atom stereocenters. The standard InChI is InChI=1S/C13H26N4O2/c1-10(2)17(8-11-4-6-15-7-5-11)9-12(18)16-13(19)14-3/h10-11,15H,4-9H2,1-3H3,(H2,14,16,18,19). The summed E-state index contributed by atoms with van der Waals surface area (Å²) in [6.45, 7) is 7.46. The first kappa shape index (κ1) is 15.9. The molecule has 0 aliphatic carbocycles.